The van der Waals surface area contributed by atoms with Gasteiger partial charge < -0.3 is 24.1 Å². The van der Waals surface area contributed by atoms with E-state index in [4.69, 9.17) is 18.9 Å². The number of rotatable bonds is 4. The molecular weight excluding hydrogens is 380 g/mol. The molecular formula is C21H20O8. The Balaban J connectivity index is 1.94. The third-order valence-corrected chi connectivity index (χ3v) is 4.22. The average Bonchev–Trinajstić information content (AvgIpc) is 2.60. The molecule has 2 aromatic carbocycles. The Morgan fingerprint density at radius 2 is 1.48 bits per heavy atom. The smallest absolute Gasteiger partial charge is 0.308 e. The molecule has 0 saturated carbocycles. The molecule has 1 atom stereocenters. The van der Waals surface area contributed by atoms with E-state index in [9.17, 15) is 19.5 Å². The predicted octanol–water partition coefficient (Wildman–Crippen LogP) is 2.63. The van der Waals surface area contributed by atoms with Crippen molar-refractivity contribution in [3.63, 3.8) is 0 Å². The van der Waals surface area contributed by atoms with Gasteiger partial charge in [-0.3, -0.25) is 14.4 Å². The Kier molecular flexibility index (Phi) is 5.56. The first-order chi connectivity index (χ1) is 13.7. The summed E-state index contributed by atoms with van der Waals surface area (Å²) in [5.74, 6) is -2.28. The number of carbonyl (C=O) groups is 3. The molecule has 152 valence electrons. The summed E-state index contributed by atoms with van der Waals surface area (Å²) in [5.41, 5.74) is 1.03. The third kappa shape index (κ3) is 4.72. The highest BCUT2D eigenvalue weighted by atomic mass is 16.6. The van der Waals surface area contributed by atoms with Crippen molar-refractivity contribution in [2.45, 2.75) is 39.4 Å². The van der Waals surface area contributed by atoms with Gasteiger partial charge in [0.25, 0.3) is 0 Å². The number of ether oxygens (including phenoxy) is 4. The van der Waals surface area contributed by atoms with Crippen molar-refractivity contribution in [1.29, 1.82) is 0 Å². The van der Waals surface area contributed by atoms with Crippen LogP contribution in [0.2, 0.25) is 0 Å². The fraction of sp³-hybridized carbons (Fsp3) is 0.286. The Labute approximate surface area is 167 Å². The summed E-state index contributed by atoms with van der Waals surface area (Å²) < 4.78 is 21.1. The van der Waals surface area contributed by atoms with Crippen LogP contribution in [0.25, 0.3) is 0 Å². The lowest BCUT2D eigenvalue weighted by atomic mass is 9.93. The van der Waals surface area contributed by atoms with Gasteiger partial charge in [0, 0.05) is 50.5 Å². The average molecular weight is 400 g/mol. The zero-order valence-electron chi connectivity index (χ0n) is 16.2. The van der Waals surface area contributed by atoms with Gasteiger partial charge in [-0.25, -0.2) is 0 Å². The monoisotopic (exact) mass is 400 g/mol. The van der Waals surface area contributed by atoms with Crippen LogP contribution >= 0.6 is 0 Å². The molecule has 0 aliphatic carbocycles. The normalized spacial score (nSPS) is 17.5. The maximum atomic E-state index is 11.4. The van der Waals surface area contributed by atoms with Crippen LogP contribution in [0.1, 0.15) is 38.3 Å². The first-order valence-corrected chi connectivity index (χ1v) is 8.90. The summed E-state index contributed by atoms with van der Waals surface area (Å²) in [7, 11) is 0. The summed E-state index contributed by atoms with van der Waals surface area (Å²) in [4.78, 5) is 33.8. The maximum Gasteiger partial charge on any atom is 0.308 e. The molecule has 1 aliphatic heterocycles. The minimum atomic E-state index is -1.66. The molecule has 0 radical (unpaired) electrons. The fourth-order valence-corrected chi connectivity index (χ4v) is 3.08. The predicted molar refractivity (Wildman–Crippen MR) is 99.7 cm³/mol. The number of carbonyl (C=O) groups excluding carboxylic acids is 3. The Bertz CT molecular complexity index is 963. The molecule has 8 heteroatoms. The molecule has 0 aromatic heterocycles. The Hall–Kier alpha value is -3.39. The summed E-state index contributed by atoms with van der Waals surface area (Å²) in [5, 5.41) is 11.1. The minimum Gasteiger partial charge on any atom is -0.458 e. The van der Waals surface area contributed by atoms with Gasteiger partial charge in [-0.15, -0.1) is 0 Å². The Morgan fingerprint density at radius 3 is 2.07 bits per heavy atom. The molecule has 0 fully saturated rings. The van der Waals surface area contributed by atoms with Gasteiger partial charge in [0.05, 0.1) is 0 Å². The van der Waals surface area contributed by atoms with Gasteiger partial charge in [-0.1, -0.05) is 0 Å². The Morgan fingerprint density at radius 1 is 0.897 bits per heavy atom. The number of fused-ring (bicyclic) bond motifs is 1. The van der Waals surface area contributed by atoms with Crippen LogP contribution in [-0.2, 0) is 26.6 Å². The van der Waals surface area contributed by atoms with Crippen LogP contribution in [-0.4, -0.2) is 23.0 Å². The van der Waals surface area contributed by atoms with Crippen molar-refractivity contribution in [1.82, 2.24) is 0 Å². The van der Waals surface area contributed by atoms with E-state index in [2.05, 4.69) is 0 Å². The van der Waals surface area contributed by atoms with Crippen molar-refractivity contribution >= 4 is 17.9 Å². The first-order valence-electron chi connectivity index (χ1n) is 8.90. The molecule has 0 amide bonds. The van der Waals surface area contributed by atoms with E-state index in [1.165, 1.54) is 32.9 Å². The molecule has 0 bridgehead atoms. The highest BCUT2D eigenvalue weighted by Gasteiger charge is 2.38. The fourth-order valence-electron chi connectivity index (χ4n) is 3.08. The molecule has 1 N–H and O–H groups in total. The molecule has 1 heterocycles. The molecule has 0 spiro atoms. The van der Waals surface area contributed by atoms with Gasteiger partial charge in [-0.05, 0) is 30.7 Å². The second-order valence-electron chi connectivity index (χ2n) is 6.59. The van der Waals surface area contributed by atoms with Crippen molar-refractivity contribution in [3.05, 3.63) is 47.5 Å². The summed E-state index contributed by atoms with van der Waals surface area (Å²) in [6.45, 7) is 3.80. The largest absolute Gasteiger partial charge is 0.458 e. The summed E-state index contributed by atoms with van der Waals surface area (Å²) in [6.07, 6.45) is 0.536. The molecule has 0 unspecified atom stereocenters. The molecule has 2 aromatic rings. The van der Waals surface area contributed by atoms with Crippen LogP contribution in [0.3, 0.4) is 0 Å². The van der Waals surface area contributed by atoms with Crippen LogP contribution < -0.4 is 18.9 Å². The standard InChI is InChI=1S/C21H20O8/c1-12(22)26-16-6-4-15(5-7-16)21(25)9-8-18-19(28-14(3)24)10-17(27-13(2)23)11-20(18)29-21/h4-7,10-11,25H,8-9H2,1-3H3/t21-/m0/s1. The third-order valence-electron chi connectivity index (χ3n) is 4.22. The summed E-state index contributed by atoms with van der Waals surface area (Å²) >= 11 is 0. The number of hydrogen-bond donors (Lipinski definition) is 1. The van der Waals surface area contributed by atoms with E-state index in [-0.39, 0.29) is 23.7 Å². The van der Waals surface area contributed by atoms with Gasteiger partial charge in [0.15, 0.2) is 0 Å². The summed E-state index contributed by atoms with van der Waals surface area (Å²) in [6, 6.07) is 9.17. The molecule has 0 saturated heterocycles. The first kappa shape index (κ1) is 20.3. The number of hydrogen-bond acceptors (Lipinski definition) is 8. The van der Waals surface area contributed by atoms with E-state index in [1.54, 1.807) is 24.3 Å². The van der Waals surface area contributed by atoms with E-state index in [1.807, 2.05) is 0 Å². The van der Waals surface area contributed by atoms with Crippen molar-refractivity contribution in [2.75, 3.05) is 0 Å². The second kappa shape index (κ2) is 7.92. The molecule has 1 aliphatic rings. The lowest BCUT2D eigenvalue weighted by Gasteiger charge is -2.35. The number of esters is 3. The highest BCUT2D eigenvalue weighted by Crippen LogP contribution is 2.44. The van der Waals surface area contributed by atoms with Gasteiger partial charge in [-0.2, -0.15) is 0 Å². The second-order valence-corrected chi connectivity index (χ2v) is 6.59. The van der Waals surface area contributed by atoms with Crippen molar-refractivity contribution in [3.8, 4) is 23.0 Å². The zero-order valence-corrected chi connectivity index (χ0v) is 16.2. The lowest BCUT2D eigenvalue weighted by molar-refractivity contribution is -0.158. The maximum absolute atomic E-state index is 11.4. The molecule has 29 heavy (non-hydrogen) atoms. The van der Waals surface area contributed by atoms with Crippen LogP contribution in [0, 0.1) is 0 Å². The quantitative estimate of drug-likeness (QED) is 0.616. The van der Waals surface area contributed by atoms with Gasteiger partial charge in [0.1, 0.15) is 23.0 Å². The van der Waals surface area contributed by atoms with Crippen LogP contribution in [0.4, 0.5) is 0 Å². The topological polar surface area (TPSA) is 108 Å². The van der Waals surface area contributed by atoms with E-state index < -0.39 is 23.7 Å². The molecule has 3 rings (SSSR count). The van der Waals surface area contributed by atoms with Gasteiger partial charge >= 0.3 is 17.9 Å². The zero-order chi connectivity index (χ0) is 21.2. The molecule has 8 nitrogen and oxygen atoms in total. The minimum absolute atomic E-state index is 0.127. The van der Waals surface area contributed by atoms with Gasteiger partial charge in [0.2, 0.25) is 5.79 Å². The highest BCUT2D eigenvalue weighted by molar-refractivity contribution is 5.73. The number of aliphatic hydroxyl groups is 1. The van der Waals surface area contributed by atoms with E-state index >= 15 is 0 Å². The van der Waals surface area contributed by atoms with Crippen LogP contribution in [0.5, 0.6) is 23.0 Å². The lowest BCUT2D eigenvalue weighted by Crippen LogP contribution is -2.36. The van der Waals surface area contributed by atoms with E-state index in [0.717, 1.165) is 0 Å². The SMILES string of the molecule is CC(=O)Oc1ccc([C@]2(O)CCc3c(OC(C)=O)cc(OC(C)=O)cc3O2)cc1. The van der Waals surface area contributed by atoms with Crippen molar-refractivity contribution in [2.24, 2.45) is 0 Å². The number of benzene rings is 2. The van der Waals surface area contributed by atoms with Crippen LogP contribution in [0.15, 0.2) is 36.4 Å². The van der Waals surface area contributed by atoms with Crippen molar-refractivity contribution < 1.29 is 38.4 Å². The van der Waals surface area contributed by atoms with E-state index in [0.29, 0.717) is 23.3 Å².